The Balaban J connectivity index is 1.95. The average Bonchev–Trinajstić information content (AvgIpc) is 3.01. The number of imide groups is 1. The first-order chi connectivity index (χ1) is 15.4. The largest absolute Gasteiger partial charge is 0.494 e. The number of anilines is 1. The van der Waals surface area contributed by atoms with E-state index in [0.717, 1.165) is 18.6 Å². The van der Waals surface area contributed by atoms with E-state index < -0.39 is 0 Å². The van der Waals surface area contributed by atoms with Crippen molar-refractivity contribution in [2.24, 2.45) is 5.92 Å². The van der Waals surface area contributed by atoms with Crippen LogP contribution in [0.4, 0.5) is 5.69 Å². The molecule has 0 spiro atoms. The molecule has 3 rings (SSSR count). The lowest BCUT2D eigenvalue weighted by Gasteiger charge is -2.17. The third kappa shape index (κ3) is 5.49. The summed E-state index contributed by atoms with van der Waals surface area (Å²) in [5.41, 5.74) is 2.03. The summed E-state index contributed by atoms with van der Waals surface area (Å²) < 4.78 is 11.4. The molecule has 0 aliphatic carbocycles. The molecule has 6 nitrogen and oxygen atoms in total. The molecular formula is C26H32N2O4. The van der Waals surface area contributed by atoms with E-state index in [1.54, 1.807) is 0 Å². The maximum absolute atomic E-state index is 13.3. The molecule has 0 aromatic heterocycles. The highest BCUT2D eigenvalue weighted by molar-refractivity contribution is 6.36. The Bertz CT molecular complexity index is 980. The first-order valence-electron chi connectivity index (χ1n) is 11.3. The Morgan fingerprint density at radius 1 is 0.875 bits per heavy atom. The number of nitrogens with one attached hydrogen (secondary N) is 1. The first-order valence-corrected chi connectivity index (χ1v) is 11.3. The molecule has 1 aliphatic rings. The monoisotopic (exact) mass is 436 g/mol. The maximum Gasteiger partial charge on any atom is 0.278 e. The Morgan fingerprint density at radius 2 is 1.53 bits per heavy atom. The van der Waals surface area contributed by atoms with Gasteiger partial charge in [-0.3, -0.25) is 14.5 Å². The molecule has 0 atom stereocenters. The molecule has 0 bridgehead atoms. The van der Waals surface area contributed by atoms with Gasteiger partial charge in [0.15, 0.2) is 0 Å². The summed E-state index contributed by atoms with van der Waals surface area (Å²) in [5, 5.41) is 3.19. The van der Waals surface area contributed by atoms with Crippen molar-refractivity contribution in [2.75, 3.05) is 25.1 Å². The Labute approximate surface area is 190 Å². The highest BCUT2D eigenvalue weighted by atomic mass is 16.5. The number of nitrogens with zero attached hydrogens (tertiary/aromatic N) is 1. The van der Waals surface area contributed by atoms with Gasteiger partial charge in [-0.1, -0.05) is 45.9 Å². The highest BCUT2D eigenvalue weighted by Crippen LogP contribution is 2.32. The van der Waals surface area contributed by atoms with E-state index in [-0.39, 0.29) is 23.4 Å². The highest BCUT2D eigenvalue weighted by Gasteiger charge is 2.39. The fourth-order valence-corrected chi connectivity index (χ4v) is 3.46. The van der Waals surface area contributed by atoms with Gasteiger partial charge in [-0.2, -0.15) is 0 Å². The molecule has 2 aromatic carbocycles. The summed E-state index contributed by atoms with van der Waals surface area (Å²) in [6.45, 7) is 9.67. The van der Waals surface area contributed by atoms with Crippen LogP contribution in [0.2, 0.25) is 0 Å². The summed E-state index contributed by atoms with van der Waals surface area (Å²) in [5.74, 6) is 1.02. The number of ether oxygens (including phenoxy) is 2. The van der Waals surface area contributed by atoms with Crippen LogP contribution in [0.15, 0.2) is 54.2 Å². The summed E-state index contributed by atoms with van der Waals surface area (Å²) in [7, 11) is 0. The third-order valence-electron chi connectivity index (χ3n) is 4.91. The number of carbonyl (C=O) groups excluding carboxylic acids is 2. The molecule has 1 heterocycles. The number of amides is 2. The summed E-state index contributed by atoms with van der Waals surface area (Å²) in [6, 6.07) is 14.7. The zero-order chi connectivity index (χ0) is 23.1. The van der Waals surface area contributed by atoms with Gasteiger partial charge < -0.3 is 14.8 Å². The van der Waals surface area contributed by atoms with Gasteiger partial charge in [0, 0.05) is 18.3 Å². The molecule has 0 radical (unpaired) electrons. The Hall–Kier alpha value is -3.28. The van der Waals surface area contributed by atoms with E-state index in [0.29, 0.717) is 42.3 Å². The van der Waals surface area contributed by atoms with Crippen molar-refractivity contribution in [1.82, 2.24) is 4.90 Å². The molecular weight excluding hydrogens is 404 g/mol. The van der Waals surface area contributed by atoms with Gasteiger partial charge >= 0.3 is 0 Å². The topological polar surface area (TPSA) is 67.9 Å². The van der Waals surface area contributed by atoms with Crippen molar-refractivity contribution in [3.05, 3.63) is 59.8 Å². The van der Waals surface area contributed by atoms with Gasteiger partial charge in [-0.25, -0.2) is 0 Å². The number of rotatable bonds is 11. The fraction of sp³-hybridized carbons (Fsp3) is 0.385. The van der Waals surface area contributed by atoms with Crippen molar-refractivity contribution in [1.29, 1.82) is 0 Å². The van der Waals surface area contributed by atoms with Gasteiger partial charge in [0.05, 0.1) is 18.8 Å². The molecule has 2 aromatic rings. The second kappa shape index (κ2) is 10.8. The molecule has 170 valence electrons. The minimum atomic E-state index is -0.315. The second-order valence-corrected chi connectivity index (χ2v) is 8.24. The lowest BCUT2D eigenvalue weighted by Crippen LogP contribution is -2.35. The van der Waals surface area contributed by atoms with Crippen molar-refractivity contribution < 1.29 is 19.1 Å². The number of carbonyl (C=O) groups is 2. The number of benzene rings is 2. The summed E-state index contributed by atoms with van der Waals surface area (Å²) >= 11 is 0. The zero-order valence-electron chi connectivity index (χ0n) is 19.3. The minimum Gasteiger partial charge on any atom is -0.494 e. The molecule has 2 amide bonds. The normalized spacial score (nSPS) is 13.8. The van der Waals surface area contributed by atoms with Crippen molar-refractivity contribution in [3.8, 4) is 11.5 Å². The van der Waals surface area contributed by atoms with E-state index in [1.807, 2.05) is 76.2 Å². The smallest absolute Gasteiger partial charge is 0.278 e. The summed E-state index contributed by atoms with van der Waals surface area (Å²) in [4.78, 5) is 27.8. The van der Waals surface area contributed by atoms with E-state index in [2.05, 4.69) is 5.32 Å². The zero-order valence-corrected chi connectivity index (χ0v) is 19.3. The molecule has 1 N–H and O–H groups in total. The Kier molecular flexibility index (Phi) is 7.92. The fourth-order valence-electron chi connectivity index (χ4n) is 3.46. The average molecular weight is 437 g/mol. The van der Waals surface area contributed by atoms with Crippen LogP contribution in [0, 0.1) is 5.92 Å². The predicted octanol–water partition coefficient (Wildman–Crippen LogP) is 5.11. The van der Waals surface area contributed by atoms with Gasteiger partial charge in [-0.05, 0) is 48.6 Å². The van der Waals surface area contributed by atoms with Gasteiger partial charge in [0.25, 0.3) is 11.8 Å². The molecule has 1 aliphatic heterocycles. The Morgan fingerprint density at radius 3 is 2.16 bits per heavy atom. The first kappa shape index (κ1) is 23.4. The van der Waals surface area contributed by atoms with E-state index in [4.69, 9.17) is 9.47 Å². The van der Waals surface area contributed by atoms with Crippen molar-refractivity contribution in [3.63, 3.8) is 0 Å². The lowest BCUT2D eigenvalue weighted by atomic mass is 10.0. The van der Waals surface area contributed by atoms with Crippen molar-refractivity contribution >= 4 is 23.1 Å². The molecule has 0 unspecified atom stereocenters. The molecule has 0 saturated heterocycles. The molecule has 32 heavy (non-hydrogen) atoms. The predicted molar refractivity (Wildman–Crippen MR) is 127 cm³/mol. The number of hydrogen-bond acceptors (Lipinski definition) is 5. The van der Waals surface area contributed by atoms with Crippen LogP contribution in [0.1, 0.15) is 46.1 Å². The van der Waals surface area contributed by atoms with Crippen LogP contribution < -0.4 is 14.8 Å². The second-order valence-electron chi connectivity index (χ2n) is 8.24. The van der Waals surface area contributed by atoms with E-state index >= 15 is 0 Å². The van der Waals surface area contributed by atoms with Gasteiger partial charge in [0.2, 0.25) is 0 Å². The SMILES string of the molecule is CCCOc1ccc(C2=C(Nc3cccc(OCCC)c3)C(=O)N(CC(C)C)C2=O)cc1. The standard InChI is InChI=1S/C26H32N2O4/c1-5-14-31-21-12-10-19(11-13-21)23-24(26(30)28(25(23)29)17-18(3)4)27-20-8-7-9-22(16-20)32-15-6-2/h7-13,16,18,27H,5-6,14-15,17H2,1-4H3. The van der Waals surface area contributed by atoms with Crippen LogP contribution in [0.3, 0.4) is 0 Å². The quantitative estimate of drug-likeness (QED) is 0.496. The van der Waals surface area contributed by atoms with Gasteiger partial charge in [-0.15, -0.1) is 0 Å². The third-order valence-corrected chi connectivity index (χ3v) is 4.91. The molecule has 0 fully saturated rings. The van der Waals surface area contributed by atoms with E-state index in [1.165, 1.54) is 4.90 Å². The van der Waals surface area contributed by atoms with Crippen LogP contribution >= 0.6 is 0 Å². The molecule has 6 heteroatoms. The minimum absolute atomic E-state index is 0.166. The number of hydrogen-bond donors (Lipinski definition) is 1. The van der Waals surface area contributed by atoms with Crippen LogP contribution in [0.25, 0.3) is 5.57 Å². The summed E-state index contributed by atoms with van der Waals surface area (Å²) in [6.07, 6.45) is 1.82. The van der Waals surface area contributed by atoms with Crippen LogP contribution in [0.5, 0.6) is 11.5 Å². The lowest BCUT2D eigenvalue weighted by molar-refractivity contribution is -0.137. The molecule has 0 saturated carbocycles. The maximum atomic E-state index is 13.3. The van der Waals surface area contributed by atoms with Crippen LogP contribution in [-0.2, 0) is 9.59 Å². The van der Waals surface area contributed by atoms with Gasteiger partial charge in [0.1, 0.15) is 17.2 Å². The van der Waals surface area contributed by atoms with Crippen molar-refractivity contribution in [2.45, 2.75) is 40.5 Å². The van der Waals surface area contributed by atoms with Crippen LogP contribution in [-0.4, -0.2) is 36.5 Å². The van der Waals surface area contributed by atoms with E-state index in [9.17, 15) is 9.59 Å².